The zero-order valence-corrected chi connectivity index (χ0v) is 13.8. The third-order valence-electron chi connectivity index (χ3n) is 5.96. The lowest BCUT2D eigenvalue weighted by atomic mass is 9.71. The summed E-state index contributed by atoms with van der Waals surface area (Å²) in [6.45, 7) is 5.68. The summed E-state index contributed by atoms with van der Waals surface area (Å²) in [6.07, 6.45) is 10.5. The molecule has 4 aliphatic rings. The zero-order chi connectivity index (χ0) is 15.7. The maximum Gasteiger partial charge on any atom is 0.0777 e. The van der Waals surface area contributed by atoms with Gasteiger partial charge in [-0.25, -0.2) is 0 Å². The monoisotopic (exact) mass is 334 g/mol. The van der Waals surface area contributed by atoms with Crippen LogP contribution in [0, 0.1) is 22.1 Å². The predicted octanol–water partition coefficient (Wildman–Crippen LogP) is -1.78. The van der Waals surface area contributed by atoms with Gasteiger partial charge in [-0.15, -0.1) is 0 Å². The first kappa shape index (κ1) is 16.9. The van der Waals surface area contributed by atoms with Crippen molar-refractivity contribution in [1.82, 2.24) is 9.80 Å². The average Bonchev–Trinajstić information content (AvgIpc) is 2.46. The second kappa shape index (κ2) is 6.89. The summed E-state index contributed by atoms with van der Waals surface area (Å²) in [5.41, 5.74) is 0. The summed E-state index contributed by atoms with van der Waals surface area (Å²) in [5.74, 6) is 2.03. The lowest BCUT2D eigenvalue weighted by molar-refractivity contribution is -1.92. The average molecular weight is 335 g/mol. The molecule has 4 unspecified atom stereocenters. The van der Waals surface area contributed by atoms with E-state index in [0.29, 0.717) is 0 Å². The SMILES string of the molecule is C1CCN2CC3CC(CN4CCCCC34)C2C1.[O-][Cl+3]([O-])([O-])O. The second-order valence-corrected chi connectivity index (χ2v) is 8.06. The van der Waals surface area contributed by atoms with Crippen LogP contribution in [0.15, 0.2) is 0 Å². The van der Waals surface area contributed by atoms with Crippen LogP contribution in [0.3, 0.4) is 0 Å². The van der Waals surface area contributed by atoms with Gasteiger partial charge in [-0.3, -0.25) is 9.80 Å². The Bertz CT molecular complexity index is 345. The Hall–Kier alpha value is 0.0500. The molecule has 0 aromatic rings. The zero-order valence-electron chi connectivity index (χ0n) is 13.0. The van der Waals surface area contributed by atoms with Crippen molar-refractivity contribution in [2.75, 3.05) is 26.2 Å². The van der Waals surface area contributed by atoms with E-state index in [4.69, 9.17) is 18.6 Å². The van der Waals surface area contributed by atoms with Crippen LogP contribution in [0.5, 0.6) is 0 Å². The summed E-state index contributed by atoms with van der Waals surface area (Å²) in [5, 5.41) is 0. The highest BCUT2D eigenvalue weighted by atomic mass is 35.7. The predicted molar refractivity (Wildman–Crippen MR) is 72.2 cm³/mol. The van der Waals surface area contributed by atoms with E-state index in [0.717, 1.165) is 23.9 Å². The Balaban J connectivity index is 0.000000254. The smallest absolute Gasteiger partial charge is 0.0777 e. The molecule has 6 nitrogen and oxygen atoms in total. The molecule has 1 N–H and O–H groups in total. The van der Waals surface area contributed by atoms with Crippen LogP contribution >= 0.6 is 0 Å². The van der Waals surface area contributed by atoms with Crippen molar-refractivity contribution in [2.45, 2.75) is 57.0 Å². The van der Waals surface area contributed by atoms with Gasteiger partial charge in [0.25, 0.3) is 0 Å². The summed E-state index contributed by atoms with van der Waals surface area (Å²) in [4.78, 5) is 5.74. The third kappa shape index (κ3) is 4.12. The molecule has 0 aromatic heterocycles. The molecular formula is C15H27ClN2O4. The molecule has 7 heteroatoms. The number of hydrogen-bond donors (Lipinski definition) is 1. The van der Waals surface area contributed by atoms with E-state index in [1.165, 1.54) is 64.7 Å². The molecule has 0 aliphatic carbocycles. The van der Waals surface area contributed by atoms with Crippen molar-refractivity contribution in [1.29, 1.82) is 0 Å². The molecule has 22 heavy (non-hydrogen) atoms. The van der Waals surface area contributed by atoms with Gasteiger partial charge in [-0.05, 0) is 57.0 Å². The quantitative estimate of drug-likeness (QED) is 0.563. The molecule has 4 atom stereocenters. The minimum Gasteiger partial charge on any atom is -0.300 e. The van der Waals surface area contributed by atoms with Gasteiger partial charge in [0.05, 0.1) is 14.9 Å². The number of nitrogens with zero attached hydrogens (tertiary/aromatic N) is 2. The Morgan fingerprint density at radius 2 is 1.18 bits per heavy atom. The van der Waals surface area contributed by atoms with Gasteiger partial charge in [0.1, 0.15) is 0 Å². The highest BCUT2D eigenvalue weighted by Gasteiger charge is 2.46. The van der Waals surface area contributed by atoms with Crippen LogP contribution in [0.2, 0.25) is 0 Å². The molecular weight excluding hydrogens is 308 g/mol. The second-order valence-electron chi connectivity index (χ2n) is 7.27. The molecule has 0 aromatic carbocycles. The molecule has 4 heterocycles. The van der Waals surface area contributed by atoms with E-state index in [1.54, 1.807) is 6.42 Å². The summed E-state index contributed by atoms with van der Waals surface area (Å²) < 4.78 is 32.7. The van der Waals surface area contributed by atoms with Crippen molar-refractivity contribution < 1.29 is 28.9 Å². The Labute approximate surface area is 134 Å². The highest BCUT2D eigenvalue weighted by molar-refractivity contribution is 5.00. The minimum atomic E-state index is -4.69. The van der Waals surface area contributed by atoms with E-state index in [9.17, 15) is 0 Å². The fraction of sp³-hybridized carbons (Fsp3) is 1.00. The van der Waals surface area contributed by atoms with Crippen LogP contribution < -0.4 is 14.0 Å². The Morgan fingerprint density at radius 1 is 0.773 bits per heavy atom. The number of fused-ring (bicyclic) bond motifs is 6. The van der Waals surface area contributed by atoms with Gasteiger partial charge in [-0.2, -0.15) is 14.0 Å². The van der Waals surface area contributed by atoms with Crippen molar-refractivity contribution in [2.24, 2.45) is 11.8 Å². The lowest BCUT2D eigenvalue weighted by Crippen LogP contribution is -2.63. The van der Waals surface area contributed by atoms with Crippen molar-refractivity contribution in [3.8, 4) is 0 Å². The maximum absolute atomic E-state index is 8.60. The van der Waals surface area contributed by atoms with E-state index in [1.807, 2.05) is 0 Å². The summed E-state index contributed by atoms with van der Waals surface area (Å²) in [7, 11) is -4.69. The van der Waals surface area contributed by atoms with E-state index >= 15 is 0 Å². The first-order valence-corrected chi connectivity index (χ1v) is 9.79. The van der Waals surface area contributed by atoms with E-state index < -0.39 is 10.2 Å². The van der Waals surface area contributed by atoms with Gasteiger partial charge in [-0.1, -0.05) is 12.8 Å². The maximum atomic E-state index is 8.60. The van der Waals surface area contributed by atoms with Gasteiger partial charge in [0, 0.05) is 25.2 Å². The Morgan fingerprint density at radius 3 is 1.59 bits per heavy atom. The molecule has 4 saturated heterocycles. The van der Waals surface area contributed by atoms with Crippen molar-refractivity contribution >= 4 is 0 Å². The summed E-state index contributed by atoms with van der Waals surface area (Å²) >= 11 is 0. The fourth-order valence-corrected chi connectivity index (χ4v) is 5.25. The standard InChI is InChI=1S/C15H26N2.ClHO4/c1-3-7-16-11-13-9-12(14(16)5-1)10-17-8-4-2-6-15(13)17;2-1(3,4)5/h12-15H,1-11H2;(H,2,3,4,5). The molecule has 0 spiro atoms. The van der Waals surface area contributed by atoms with Gasteiger partial charge >= 0.3 is 0 Å². The molecule has 0 amide bonds. The number of rotatable bonds is 0. The topological polar surface area (TPSA) is 95.9 Å². The van der Waals surface area contributed by atoms with Crippen molar-refractivity contribution in [3.05, 3.63) is 0 Å². The van der Waals surface area contributed by atoms with E-state index in [-0.39, 0.29) is 0 Å². The van der Waals surface area contributed by atoms with Crippen molar-refractivity contribution in [3.63, 3.8) is 0 Å². The molecule has 4 aliphatic heterocycles. The Kier molecular flexibility index (Phi) is 5.29. The normalized spacial score (nSPS) is 39.3. The van der Waals surface area contributed by atoms with E-state index in [2.05, 4.69) is 9.80 Å². The number of hydrogen-bond acceptors (Lipinski definition) is 6. The molecule has 0 radical (unpaired) electrons. The summed E-state index contributed by atoms with van der Waals surface area (Å²) in [6, 6.07) is 1.92. The van der Waals surface area contributed by atoms with Crippen LogP contribution in [0.1, 0.15) is 44.9 Å². The molecule has 0 saturated carbocycles. The van der Waals surface area contributed by atoms with Gasteiger partial charge in [0.15, 0.2) is 0 Å². The molecule has 2 bridgehead atoms. The first-order chi connectivity index (χ1) is 10.4. The van der Waals surface area contributed by atoms with Gasteiger partial charge < -0.3 is 0 Å². The minimum absolute atomic E-state index is 0.961. The lowest BCUT2D eigenvalue weighted by Gasteiger charge is -2.57. The first-order valence-electron chi connectivity index (χ1n) is 8.53. The van der Waals surface area contributed by atoms with Crippen LogP contribution in [-0.2, 0) is 0 Å². The number of halogens is 1. The highest BCUT2D eigenvalue weighted by Crippen LogP contribution is 2.42. The number of piperidine rings is 4. The molecule has 128 valence electrons. The van der Waals surface area contributed by atoms with Crippen LogP contribution in [-0.4, -0.2) is 52.7 Å². The van der Waals surface area contributed by atoms with Crippen LogP contribution in [0.25, 0.3) is 0 Å². The van der Waals surface area contributed by atoms with Gasteiger partial charge in [0.2, 0.25) is 0 Å². The van der Waals surface area contributed by atoms with Crippen LogP contribution in [0.4, 0.5) is 0 Å². The third-order valence-corrected chi connectivity index (χ3v) is 5.96. The largest absolute Gasteiger partial charge is 0.300 e. The molecule has 4 rings (SSSR count). The fourth-order valence-electron chi connectivity index (χ4n) is 5.25. The molecule has 4 fully saturated rings.